The van der Waals surface area contributed by atoms with Crippen LogP contribution in [0.5, 0.6) is 0 Å². The molecule has 0 radical (unpaired) electrons. The zero-order valence-corrected chi connectivity index (χ0v) is 17.4. The number of anilines is 1. The van der Waals surface area contributed by atoms with E-state index in [1.54, 1.807) is 4.90 Å². The lowest BCUT2D eigenvalue weighted by molar-refractivity contribution is -0.121. The maximum absolute atomic E-state index is 12.6. The molecule has 0 atom stereocenters. The van der Waals surface area contributed by atoms with Gasteiger partial charge in [0.15, 0.2) is 5.13 Å². The molecule has 0 spiro atoms. The molecule has 0 aliphatic carbocycles. The van der Waals surface area contributed by atoms with Gasteiger partial charge in [-0.15, -0.1) is 0 Å². The van der Waals surface area contributed by atoms with Crippen molar-refractivity contribution in [2.75, 3.05) is 18.4 Å². The number of piperidine rings is 1. The van der Waals surface area contributed by atoms with Gasteiger partial charge in [0.2, 0.25) is 5.91 Å². The molecule has 1 aromatic carbocycles. The number of thiazole rings is 1. The van der Waals surface area contributed by atoms with Gasteiger partial charge in [-0.3, -0.25) is 4.79 Å². The Morgan fingerprint density at radius 1 is 1.22 bits per heavy atom. The van der Waals surface area contributed by atoms with Crippen LogP contribution in [0.15, 0.2) is 12.1 Å². The predicted octanol–water partition coefficient (Wildman–Crippen LogP) is 4.50. The van der Waals surface area contributed by atoms with Crippen LogP contribution in [-0.4, -0.2) is 40.6 Å². The first-order chi connectivity index (χ1) is 12.6. The first-order valence-corrected chi connectivity index (χ1v) is 10.1. The first kappa shape index (κ1) is 19.6. The van der Waals surface area contributed by atoms with E-state index in [2.05, 4.69) is 29.4 Å². The maximum Gasteiger partial charge on any atom is 0.410 e. The molecular weight excluding hydrogens is 362 g/mol. The molecule has 146 valence electrons. The Kier molecular flexibility index (Phi) is 5.42. The van der Waals surface area contributed by atoms with Gasteiger partial charge in [0.25, 0.3) is 0 Å². The van der Waals surface area contributed by atoms with Gasteiger partial charge in [-0.25, -0.2) is 9.78 Å². The van der Waals surface area contributed by atoms with Gasteiger partial charge in [0.1, 0.15) is 5.60 Å². The normalized spacial score (nSPS) is 15.8. The summed E-state index contributed by atoms with van der Waals surface area (Å²) in [6.07, 6.45) is 0.959. The SMILES string of the molecule is Cc1cc(C)c2nc(NC(=O)C3CCN(C(=O)OC(C)(C)C)CC3)sc2c1. The first-order valence-electron chi connectivity index (χ1n) is 9.29. The van der Waals surface area contributed by atoms with Crippen molar-refractivity contribution in [1.82, 2.24) is 9.88 Å². The molecule has 2 amide bonds. The number of carbonyl (C=O) groups excluding carboxylic acids is 2. The largest absolute Gasteiger partial charge is 0.444 e. The molecule has 1 aliphatic rings. The fraction of sp³-hybridized carbons (Fsp3) is 0.550. The monoisotopic (exact) mass is 389 g/mol. The quantitative estimate of drug-likeness (QED) is 0.821. The number of likely N-dealkylation sites (tertiary alicyclic amines) is 1. The molecule has 0 bridgehead atoms. The van der Waals surface area contributed by atoms with Gasteiger partial charge < -0.3 is 15.0 Å². The van der Waals surface area contributed by atoms with E-state index in [1.807, 2.05) is 27.7 Å². The highest BCUT2D eigenvalue weighted by atomic mass is 32.1. The number of nitrogens with zero attached hydrogens (tertiary/aromatic N) is 2. The number of hydrogen-bond acceptors (Lipinski definition) is 5. The molecule has 2 aromatic rings. The molecular formula is C20H27N3O3S. The van der Waals surface area contributed by atoms with E-state index in [0.29, 0.717) is 31.1 Å². The lowest BCUT2D eigenvalue weighted by Gasteiger charge is -2.32. The second-order valence-corrected chi connectivity index (χ2v) is 9.21. The second-order valence-electron chi connectivity index (χ2n) is 8.18. The summed E-state index contributed by atoms with van der Waals surface area (Å²) in [5.74, 6) is -0.134. The second kappa shape index (κ2) is 7.46. The van der Waals surface area contributed by atoms with Crippen molar-refractivity contribution in [1.29, 1.82) is 0 Å². The summed E-state index contributed by atoms with van der Waals surface area (Å²) in [6.45, 7) is 10.7. The van der Waals surface area contributed by atoms with Crippen molar-refractivity contribution < 1.29 is 14.3 Å². The summed E-state index contributed by atoms with van der Waals surface area (Å²) in [5.41, 5.74) is 2.75. The molecule has 0 unspecified atom stereocenters. The van der Waals surface area contributed by atoms with Gasteiger partial charge >= 0.3 is 6.09 Å². The van der Waals surface area contributed by atoms with Crippen LogP contribution in [0, 0.1) is 19.8 Å². The number of aryl methyl sites for hydroxylation is 2. The molecule has 0 saturated carbocycles. The fourth-order valence-electron chi connectivity index (χ4n) is 3.28. The number of ether oxygens (including phenoxy) is 1. The summed E-state index contributed by atoms with van der Waals surface area (Å²) in [7, 11) is 0. The Bertz CT molecular complexity index is 861. The molecule has 1 saturated heterocycles. The number of rotatable bonds is 2. The lowest BCUT2D eigenvalue weighted by atomic mass is 9.96. The third-order valence-electron chi connectivity index (χ3n) is 4.58. The number of nitrogens with one attached hydrogen (secondary N) is 1. The standard InChI is InChI=1S/C20H27N3O3S/c1-12-10-13(2)16-15(11-12)27-18(21-16)22-17(24)14-6-8-23(9-7-14)19(25)26-20(3,4)5/h10-11,14H,6-9H2,1-5H3,(H,21,22,24). The average Bonchev–Trinajstić information content (AvgIpc) is 2.96. The Morgan fingerprint density at radius 2 is 1.89 bits per heavy atom. The van der Waals surface area contributed by atoms with Gasteiger partial charge in [0.05, 0.1) is 10.2 Å². The molecule has 27 heavy (non-hydrogen) atoms. The minimum absolute atomic E-state index is 0.0210. The smallest absolute Gasteiger partial charge is 0.410 e. The van der Waals surface area contributed by atoms with E-state index in [-0.39, 0.29) is 17.9 Å². The van der Waals surface area contributed by atoms with E-state index in [4.69, 9.17) is 4.74 Å². The van der Waals surface area contributed by atoms with Crippen molar-refractivity contribution in [2.45, 2.75) is 53.1 Å². The number of fused-ring (bicyclic) bond motifs is 1. The Labute approximate surface area is 163 Å². The summed E-state index contributed by atoms with van der Waals surface area (Å²) in [6, 6.07) is 4.19. The maximum atomic E-state index is 12.6. The van der Waals surface area contributed by atoms with Crippen LogP contribution < -0.4 is 5.32 Å². The van der Waals surface area contributed by atoms with Crippen LogP contribution in [0.1, 0.15) is 44.7 Å². The summed E-state index contributed by atoms with van der Waals surface area (Å²) in [4.78, 5) is 31.0. The van der Waals surface area contributed by atoms with Gasteiger partial charge in [0, 0.05) is 19.0 Å². The Hall–Kier alpha value is -2.15. The van der Waals surface area contributed by atoms with E-state index in [0.717, 1.165) is 15.8 Å². The van der Waals surface area contributed by atoms with Crippen LogP contribution in [0.2, 0.25) is 0 Å². The number of benzene rings is 1. The molecule has 1 aliphatic heterocycles. The lowest BCUT2D eigenvalue weighted by Crippen LogP contribution is -2.43. The van der Waals surface area contributed by atoms with Crippen LogP contribution in [0.4, 0.5) is 9.93 Å². The fourth-order valence-corrected chi connectivity index (χ4v) is 4.33. The zero-order valence-electron chi connectivity index (χ0n) is 16.6. The topological polar surface area (TPSA) is 71.5 Å². The van der Waals surface area contributed by atoms with Crippen LogP contribution in [-0.2, 0) is 9.53 Å². The highest BCUT2D eigenvalue weighted by Gasteiger charge is 2.30. The predicted molar refractivity (Wildman–Crippen MR) is 108 cm³/mol. The van der Waals surface area contributed by atoms with Crippen LogP contribution in [0.3, 0.4) is 0 Å². The minimum atomic E-state index is -0.505. The molecule has 7 heteroatoms. The number of carbonyl (C=O) groups is 2. The summed E-state index contributed by atoms with van der Waals surface area (Å²) < 4.78 is 6.49. The molecule has 1 N–H and O–H groups in total. The van der Waals surface area contributed by atoms with Crippen molar-refractivity contribution >= 4 is 38.7 Å². The molecule has 3 rings (SSSR count). The average molecular weight is 390 g/mol. The van der Waals surface area contributed by atoms with Gasteiger partial charge in [-0.1, -0.05) is 17.4 Å². The van der Waals surface area contributed by atoms with E-state index in [1.165, 1.54) is 16.9 Å². The third kappa shape index (κ3) is 4.77. The van der Waals surface area contributed by atoms with Crippen LogP contribution >= 0.6 is 11.3 Å². The van der Waals surface area contributed by atoms with Crippen molar-refractivity contribution in [3.8, 4) is 0 Å². The molecule has 6 nitrogen and oxygen atoms in total. The minimum Gasteiger partial charge on any atom is -0.444 e. The van der Waals surface area contributed by atoms with Gasteiger partial charge in [-0.05, 0) is 64.7 Å². The van der Waals surface area contributed by atoms with E-state index < -0.39 is 5.60 Å². The number of amides is 2. The van der Waals surface area contributed by atoms with E-state index in [9.17, 15) is 9.59 Å². The highest BCUT2D eigenvalue weighted by Crippen LogP contribution is 2.30. The summed E-state index contributed by atoms with van der Waals surface area (Å²) >= 11 is 1.50. The molecule has 1 fully saturated rings. The Morgan fingerprint density at radius 3 is 2.52 bits per heavy atom. The third-order valence-corrected chi connectivity index (χ3v) is 5.50. The number of hydrogen-bond donors (Lipinski definition) is 1. The van der Waals surface area contributed by atoms with Crippen molar-refractivity contribution in [3.05, 3.63) is 23.3 Å². The summed E-state index contributed by atoms with van der Waals surface area (Å²) in [5, 5.41) is 3.60. The van der Waals surface area contributed by atoms with Gasteiger partial charge in [-0.2, -0.15) is 0 Å². The number of aromatic nitrogens is 1. The Balaban J connectivity index is 1.58. The zero-order chi connectivity index (χ0) is 19.8. The van der Waals surface area contributed by atoms with Crippen molar-refractivity contribution in [2.24, 2.45) is 5.92 Å². The molecule has 1 aromatic heterocycles. The van der Waals surface area contributed by atoms with E-state index >= 15 is 0 Å². The van der Waals surface area contributed by atoms with Crippen LogP contribution in [0.25, 0.3) is 10.2 Å². The highest BCUT2D eigenvalue weighted by molar-refractivity contribution is 7.22. The molecule has 2 heterocycles. The van der Waals surface area contributed by atoms with Crippen molar-refractivity contribution in [3.63, 3.8) is 0 Å².